The second-order valence-corrected chi connectivity index (χ2v) is 3.66. The van der Waals surface area contributed by atoms with Crippen molar-refractivity contribution in [2.45, 2.75) is 13.8 Å². The maximum atomic E-state index is 11.1. The zero-order chi connectivity index (χ0) is 9.30. The minimum absolute atomic E-state index is 0.0116. The molecule has 0 amide bonds. The molecule has 0 saturated carbocycles. The summed E-state index contributed by atoms with van der Waals surface area (Å²) in [4.78, 5) is 11.1. The third-order valence-electron chi connectivity index (χ3n) is 1.68. The van der Waals surface area contributed by atoms with Crippen LogP contribution in [-0.4, -0.2) is 5.78 Å². The number of hydrogen-bond acceptors (Lipinski definition) is 2. The molecule has 0 saturated heterocycles. The summed E-state index contributed by atoms with van der Waals surface area (Å²) >= 11 is 3.30. The highest BCUT2D eigenvalue weighted by molar-refractivity contribution is 9.10. The van der Waals surface area contributed by atoms with Crippen LogP contribution in [0.3, 0.4) is 0 Å². The number of hydrogen-bond donors (Lipinski definition) is 1. The molecule has 0 radical (unpaired) electrons. The van der Waals surface area contributed by atoms with Crippen LogP contribution in [0.2, 0.25) is 0 Å². The summed E-state index contributed by atoms with van der Waals surface area (Å²) in [5.41, 5.74) is 7.74. The van der Waals surface area contributed by atoms with Crippen LogP contribution in [0.25, 0.3) is 0 Å². The van der Waals surface area contributed by atoms with Crippen LogP contribution in [-0.2, 0) is 0 Å². The minimum atomic E-state index is 0.0116. The fourth-order valence-electron chi connectivity index (χ4n) is 1.25. The van der Waals surface area contributed by atoms with E-state index in [1.165, 1.54) is 6.92 Å². The number of carbonyl (C=O) groups is 1. The van der Waals surface area contributed by atoms with Crippen LogP contribution in [0.5, 0.6) is 0 Å². The predicted molar refractivity (Wildman–Crippen MR) is 53.3 cm³/mol. The van der Waals surface area contributed by atoms with Gasteiger partial charge in [0.15, 0.2) is 5.78 Å². The molecule has 3 heteroatoms. The van der Waals surface area contributed by atoms with Gasteiger partial charge in [-0.25, -0.2) is 0 Å². The monoisotopic (exact) mass is 227 g/mol. The Bertz CT molecular complexity index is 310. The van der Waals surface area contributed by atoms with Crippen LogP contribution in [0, 0.1) is 6.92 Å². The molecule has 0 aliphatic rings. The lowest BCUT2D eigenvalue weighted by atomic mass is 10.0. The van der Waals surface area contributed by atoms with Gasteiger partial charge in [0.1, 0.15) is 0 Å². The average molecular weight is 228 g/mol. The van der Waals surface area contributed by atoms with Gasteiger partial charge in [-0.15, -0.1) is 0 Å². The number of carbonyl (C=O) groups excluding carboxylic acids is 1. The highest BCUT2D eigenvalue weighted by atomic mass is 79.9. The molecule has 0 fully saturated rings. The number of halogens is 1. The molecule has 1 rings (SSSR count). The average Bonchev–Trinajstić information content (AvgIpc) is 1.82. The van der Waals surface area contributed by atoms with Crippen molar-refractivity contribution in [3.63, 3.8) is 0 Å². The number of nitrogens with two attached hydrogens (primary N) is 1. The zero-order valence-corrected chi connectivity index (χ0v) is 8.60. The number of nitrogen functional groups attached to an aromatic ring is 1. The first-order valence-corrected chi connectivity index (χ1v) is 4.38. The van der Waals surface area contributed by atoms with E-state index in [9.17, 15) is 4.79 Å². The van der Waals surface area contributed by atoms with Crippen LogP contribution in [0.4, 0.5) is 5.69 Å². The van der Waals surface area contributed by atoms with Gasteiger partial charge in [-0.2, -0.15) is 0 Å². The van der Waals surface area contributed by atoms with Gasteiger partial charge in [0.2, 0.25) is 0 Å². The van der Waals surface area contributed by atoms with E-state index in [-0.39, 0.29) is 5.78 Å². The van der Waals surface area contributed by atoms with E-state index in [1.807, 2.05) is 13.0 Å². The van der Waals surface area contributed by atoms with Gasteiger partial charge in [0.05, 0.1) is 0 Å². The Morgan fingerprint density at radius 2 is 2.08 bits per heavy atom. The molecule has 1 aromatic rings. The number of anilines is 1. The molecule has 1 aromatic carbocycles. The van der Waals surface area contributed by atoms with Crippen molar-refractivity contribution in [1.29, 1.82) is 0 Å². The Labute approximate surface area is 79.9 Å². The van der Waals surface area contributed by atoms with Crippen LogP contribution < -0.4 is 5.73 Å². The second kappa shape index (κ2) is 3.27. The van der Waals surface area contributed by atoms with Crippen molar-refractivity contribution in [3.05, 3.63) is 27.7 Å². The number of ketones is 1. The highest BCUT2D eigenvalue weighted by Gasteiger charge is 2.08. The van der Waals surface area contributed by atoms with Crippen LogP contribution in [0.15, 0.2) is 16.6 Å². The maximum absolute atomic E-state index is 11.1. The summed E-state index contributed by atoms with van der Waals surface area (Å²) in [6.45, 7) is 3.39. The van der Waals surface area contributed by atoms with Gasteiger partial charge in [0.25, 0.3) is 0 Å². The topological polar surface area (TPSA) is 43.1 Å². The van der Waals surface area contributed by atoms with E-state index in [1.54, 1.807) is 6.07 Å². The lowest BCUT2D eigenvalue weighted by Crippen LogP contribution is -2.02. The van der Waals surface area contributed by atoms with Gasteiger partial charge < -0.3 is 5.73 Å². The van der Waals surface area contributed by atoms with Gasteiger partial charge in [-0.1, -0.05) is 15.9 Å². The van der Waals surface area contributed by atoms with Crippen molar-refractivity contribution >= 4 is 27.4 Å². The molecular formula is C9H10BrNO. The molecule has 0 aliphatic heterocycles. The Hall–Kier alpha value is -0.830. The number of benzene rings is 1. The quantitative estimate of drug-likeness (QED) is 0.592. The van der Waals surface area contributed by atoms with Crippen molar-refractivity contribution in [1.82, 2.24) is 0 Å². The minimum Gasteiger partial charge on any atom is -0.398 e. The standard InChI is InChI=1S/C9H10BrNO/c1-5-3-7(10)4-8(11)9(5)6(2)12/h3-4H,11H2,1-2H3. The SMILES string of the molecule is CC(=O)c1c(C)cc(Br)cc1N. The van der Waals surface area contributed by atoms with E-state index < -0.39 is 0 Å². The molecule has 0 heterocycles. The van der Waals surface area contributed by atoms with Gasteiger partial charge in [-0.05, 0) is 31.5 Å². The van der Waals surface area contributed by atoms with Crippen molar-refractivity contribution in [2.75, 3.05) is 5.73 Å². The summed E-state index contributed by atoms with van der Waals surface area (Å²) < 4.78 is 0.905. The first-order chi connectivity index (χ1) is 5.52. The summed E-state index contributed by atoms with van der Waals surface area (Å²) in [5, 5.41) is 0. The summed E-state index contributed by atoms with van der Waals surface area (Å²) in [6.07, 6.45) is 0. The molecule has 0 unspecified atom stereocenters. The Kier molecular flexibility index (Phi) is 2.52. The number of Topliss-reactive ketones (excluding diaryl/α,β-unsaturated/α-hetero) is 1. The van der Waals surface area contributed by atoms with E-state index >= 15 is 0 Å². The summed E-state index contributed by atoms with van der Waals surface area (Å²) in [5.74, 6) is 0.0116. The molecular weight excluding hydrogens is 218 g/mol. The highest BCUT2D eigenvalue weighted by Crippen LogP contribution is 2.23. The van der Waals surface area contributed by atoms with Crippen molar-refractivity contribution < 1.29 is 4.79 Å². The Morgan fingerprint density at radius 1 is 1.50 bits per heavy atom. The molecule has 2 N–H and O–H groups in total. The van der Waals surface area contributed by atoms with Gasteiger partial charge in [-0.3, -0.25) is 4.79 Å². The molecule has 0 aliphatic carbocycles. The first kappa shape index (κ1) is 9.26. The van der Waals surface area contributed by atoms with Crippen LogP contribution in [0.1, 0.15) is 22.8 Å². The Morgan fingerprint density at radius 3 is 2.50 bits per heavy atom. The molecule has 0 spiro atoms. The number of rotatable bonds is 1. The predicted octanol–water partition coefficient (Wildman–Crippen LogP) is 2.54. The van der Waals surface area contributed by atoms with E-state index in [4.69, 9.17) is 5.73 Å². The third kappa shape index (κ3) is 1.67. The van der Waals surface area contributed by atoms with E-state index in [2.05, 4.69) is 15.9 Å². The molecule has 2 nitrogen and oxygen atoms in total. The number of aryl methyl sites for hydroxylation is 1. The maximum Gasteiger partial charge on any atom is 0.162 e. The van der Waals surface area contributed by atoms with E-state index in [0.29, 0.717) is 11.3 Å². The third-order valence-corrected chi connectivity index (χ3v) is 2.14. The molecule has 0 atom stereocenters. The van der Waals surface area contributed by atoms with E-state index in [0.717, 1.165) is 10.0 Å². The van der Waals surface area contributed by atoms with Crippen molar-refractivity contribution in [3.8, 4) is 0 Å². The van der Waals surface area contributed by atoms with Crippen molar-refractivity contribution in [2.24, 2.45) is 0 Å². The largest absolute Gasteiger partial charge is 0.398 e. The lowest BCUT2D eigenvalue weighted by Gasteiger charge is -2.06. The molecule has 0 bridgehead atoms. The van der Waals surface area contributed by atoms with Gasteiger partial charge in [0, 0.05) is 15.7 Å². The molecule has 12 heavy (non-hydrogen) atoms. The molecule has 64 valence electrons. The van der Waals surface area contributed by atoms with Crippen LogP contribution >= 0.6 is 15.9 Å². The van der Waals surface area contributed by atoms with Gasteiger partial charge >= 0.3 is 0 Å². The smallest absolute Gasteiger partial charge is 0.162 e. The normalized spacial score (nSPS) is 9.92. The first-order valence-electron chi connectivity index (χ1n) is 3.59. The Balaban J connectivity index is 3.38. The fourth-order valence-corrected chi connectivity index (χ4v) is 1.84. The summed E-state index contributed by atoms with van der Waals surface area (Å²) in [7, 11) is 0. The second-order valence-electron chi connectivity index (χ2n) is 2.74. The fraction of sp³-hybridized carbons (Fsp3) is 0.222. The zero-order valence-electron chi connectivity index (χ0n) is 7.02. The summed E-state index contributed by atoms with van der Waals surface area (Å²) in [6, 6.07) is 3.62. The lowest BCUT2D eigenvalue weighted by molar-refractivity contribution is 0.101. The molecule has 0 aromatic heterocycles.